The molecular formula is C20H25Cl2NO4. The van der Waals surface area contributed by atoms with E-state index in [1.807, 2.05) is 6.92 Å². The molecule has 0 radical (unpaired) electrons. The lowest BCUT2D eigenvalue weighted by molar-refractivity contribution is -0.304. The number of rotatable bonds is 8. The minimum atomic E-state index is -1.28. The lowest BCUT2D eigenvalue weighted by Crippen LogP contribution is -2.46. The summed E-state index contributed by atoms with van der Waals surface area (Å²) in [7, 11) is 0. The molecule has 1 aromatic carbocycles. The zero-order valence-electron chi connectivity index (χ0n) is 15.7. The van der Waals surface area contributed by atoms with E-state index in [1.54, 1.807) is 25.1 Å². The predicted octanol–water partition coefficient (Wildman–Crippen LogP) is 5.23. The van der Waals surface area contributed by atoms with Crippen molar-refractivity contribution in [3.63, 3.8) is 0 Å². The van der Waals surface area contributed by atoms with E-state index in [0.29, 0.717) is 41.7 Å². The lowest BCUT2D eigenvalue weighted by atomic mass is 9.86. The molecule has 0 spiro atoms. The molecule has 2 rings (SSSR count). The maximum Gasteiger partial charge on any atom is 0.308 e. The summed E-state index contributed by atoms with van der Waals surface area (Å²) in [6, 6.07) is 7.41. The second-order valence-electron chi connectivity index (χ2n) is 6.51. The molecule has 0 saturated carbocycles. The van der Waals surface area contributed by atoms with Crippen LogP contribution >= 0.6 is 23.2 Å². The van der Waals surface area contributed by atoms with Crippen molar-refractivity contribution in [1.29, 1.82) is 5.26 Å². The molecule has 148 valence electrons. The van der Waals surface area contributed by atoms with Crippen LogP contribution in [0.1, 0.15) is 51.5 Å². The second-order valence-corrected chi connectivity index (χ2v) is 7.32. The SMILES string of the molecule is CCCC(CC(=O)OCC)OC1(c2ccc(Cl)c(Cl)c2)OCCCC1C#N. The molecule has 0 amide bonds. The van der Waals surface area contributed by atoms with E-state index in [4.69, 9.17) is 37.4 Å². The molecule has 1 saturated heterocycles. The molecule has 1 aliphatic heterocycles. The van der Waals surface area contributed by atoms with Crippen LogP contribution in [0.4, 0.5) is 0 Å². The largest absolute Gasteiger partial charge is 0.466 e. The van der Waals surface area contributed by atoms with Gasteiger partial charge in [0.05, 0.1) is 41.9 Å². The normalized spacial score (nSPS) is 23.4. The zero-order valence-corrected chi connectivity index (χ0v) is 17.2. The van der Waals surface area contributed by atoms with Gasteiger partial charge in [-0.1, -0.05) is 42.6 Å². The van der Waals surface area contributed by atoms with Crippen LogP contribution < -0.4 is 0 Å². The number of benzene rings is 1. The average molecular weight is 414 g/mol. The molecule has 5 nitrogen and oxygen atoms in total. The second kappa shape index (κ2) is 10.3. The van der Waals surface area contributed by atoms with Crippen LogP contribution in [0.3, 0.4) is 0 Å². The molecule has 3 atom stereocenters. The third-order valence-electron chi connectivity index (χ3n) is 4.54. The summed E-state index contributed by atoms with van der Waals surface area (Å²) in [6.07, 6.45) is 2.53. The first-order valence-corrected chi connectivity index (χ1v) is 10.0. The number of nitrogens with zero attached hydrogens (tertiary/aromatic N) is 1. The van der Waals surface area contributed by atoms with E-state index in [2.05, 4.69) is 6.07 Å². The Morgan fingerprint density at radius 2 is 2.19 bits per heavy atom. The molecule has 1 fully saturated rings. The Labute approximate surface area is 170 Å². The molecule has 1 aromatic rings. The van der Waals surface area contributed by atoms with E-state index >= 15 is 0 Å². The van der Waals surface area contributed by atoms with Gasteiger partial charge in [0.2, 0.25) is 5.79 Å². The molecule has 1 aliphatic rings. The standard InChI is InChI=1S/C20H25Cl2NO4/c1-3-6-16(12-19(24)25-4-2)27-20(15(13-23)7-5-10-26-20)14-8-9-17(21)18(22)11-14/h8-9,11,15-16H,3-7,10,12H2,1-2H3. The van der Waals surface area contributed by atoms with Crippen LogP contribution in [-0.2, 0) is 24.8 Å². The number of esters is 1. The van der Waals surface area contributed by atoms with Crippen molar-refractivity contribution < 1.29 is 19.0 Å². The van der Waals surface area contributed by atoms with Crippen molar-refractivity contribution in [3.8, 4) is 6.07 Å². The van der Waals surface area contributed by atoms with E-state index in [-0.39, 0.29) is 12.4 Å². The molecule has 1 heterocycles. The van der Waals surface area contributed by atoms with Gasteiger partial charge in [-0.2, -0.15) is 5.26 Å². The number of hydrogen-bond acceptors (Lipinski definition) is 5. The quantitative estimate of drug-likeness (QED) is 0.545. The van der Waals surface area contributed by atoms with Gasteiger partial charge in [-0.15, -0.1) is 0 Å². The predicted molar refractivity (Wildman–Crippen MR) is 103 cm³/mol. The summed E-state index contributed by atoms with van der Waals surface area (Å²) in [5.74, 6) is -2.14. The minimum absolute atomic E-state index is 0.103. The van der Waals surface area contributed by atoms with E-state index < -0.39 is 17.8 Å². The summed E-state index contributed by atoms with van der Waals surface area (Å²) in [6.45, 7) is 4.54. The van der Waals surface area contributed by atoms with Crippen molar-refractivity contribution in [3.05, 3.63) is 33.8 Å². The molecule has 0 aliphatic carbocycles. The van der Waals surface area contributed by atoms with Gasteiger partial charge in [-0.05, 0) is 38.3 Å². The summed E-state index contributed by atoms with van der Waals surface area (Å²) < 4.78 is 17.5. The van der Waals surface area contributed by atoms with Crippen LogP contribution in [0.25, 0.3) is 0 Å². The first kappa shape index (κ1) is 22.0. The van der Waals surface area contributed by atoms with Gasteiger partial charge in [0, 0.05) is 5.56 Å². The summed E-state index contributed by atoms with van der Waals surface area (Å²) in [4.78, 5) is 12.0. The highest BCUT2D eigenvalue weighted by Crippen LogP contribution is 2.44. The van der Waals surface area contributed by atoms with Crippen LogP contribution in [0.15, 0.2) is 18.2 Å². The van der Waals surface area contributed by atoms with Gasteiger partial charge >= 0.3 is 5.97 Å². The fourth-order valence-electron chi connectivity index (χ4n) is 3.31. The van der Waals surface area contributed by atoms with E-state index in [0.717, 1.165) is 12.8 Å². The number of hydrogen-bond donors (Lipinski definition) is 0. The van der Waals surface area contributed by atoms with Crippen LogP contribution in [0, 0.1) is 17.2 Å². The van der Waals surface area contributed by atoms with Gasteiger partial charge in [0.25, 0.3) is 0 Å². The highest BCUT2D eigenvalue weighted by Gasteiger charge is 2.47. The Bertz CT molecular complexity index is 691. The van der Waals surface area contributed by atoms with Gasteiger partial charge in [-0.25, -0.2) is 0 Å². The van der Waals surface area contributed by atoms with Crippen molar-refractivity contribution in [2.75, 3.05) is 13.2 Å². The van der Waals surface area contributed by atoms with Crippen LogP contribution in [0.2, 0.25) is 10.0 Å². The zero-order chi connectivity index (χ0) is 19.9. The third-order valence-corrected chi connectivity index (χ3v) is 5.28. The number of nitriles is 1. The molecule has 27 heavy (non-hydrogen) atoms. The van der Waals surface area contributed by atoms with E-state index in [1.165, 1.54) is 0 Å². The molecular weight excluding hydrogens is 389 g/mol. The molecule has 7 heteroatoms. The lowest BCUT2D eigenvalue weighted by Gasteiger charge is -2.43. The van der Waals surface area contributed by atoms with Gasteiger partial charge in [-0.3, -0.25) is 4.79 Å². The summed E-state index contributed by atoms with van der Waals surface area (Å²) in [5.41, 5.74) is 0.633. The average Bonchev–Trinajstić information content (AvgIpc) is 2.64. The van der Waals surface area contributed by atoms with Gasteiger partial charge < -0.3 is 14.2 Å². The highest BCUT2D eigenvalue weighted by atomic mass is 35.5. The Balaban J connectivity index is 2.40. The topological polar surface area (TPSA) is 68.6 Å². The maximum atomic E-state index is 12.0. The monoisotopic (exact) mass is 413 g/mol. The summed E-state index contributed by atoms with van der Waals surface area (Å²) in [5, 5.41) is 10.5. The number of halogens is 2. The molecule has 0 N–H and O–H groups in total. The first-order valence-electron chi connectivity index (χ1n) is 9.29. The van der Waals surface area contributed by atoms with Crippen LogP contribution in [-0.4, -0.2) is 25.3 Å². The Morgan fingerprint density at radius 1 is 1.41 bits per heavy atom. The molecule has 3 unspecified atom stereocenters. The van der Waals surface area contributed by atoms with Crippen molar-refractivity contribution in [2.45, 2.75) is 57.8 Å². The van der Waals surface area contributed by atoms with Crippen LogP contribution in [0.5, 0.6) is 0 Å². The van der Waals surface area contributed by atoms with Crippen molar-refractivity contribution in [2.24, 2.45) is 5.92 Å². The van der Waals surface area contributed by atoms with Crippen molar-refractivity contribution >= 4 is 29.2 Å². The Kier molecular flexibility index (Phi) is 8.37. The smallest absolute Gasteiger partial charge is 0.308 e. The fourth-order valence-corrected chi connectivity index (χ4v) is 3.61. The number of carbonyl (C=O) groups excluding carboxylic acids is 1. The van der Waals surface area contributed by atoms with E-state index in [9.17, 15) is 10.1 Å². The van der Waals surface area contributed by atoms with Gasteiger partial charge in [0.1, 0.15) is 5.92 Å². The van der Waals surface area contributed by atoms with Crippen molar-refractivity contribution in [1.82, 2.24) is 0 Å². The Hall–Kier alpha value is -1.32. The summed E-state index contributed by atoms with van der Waals surface area (Å²) >= 11 is 12.3. The number of ether oxygens (including phenoxy) is 3. The number of carbonyl (C=O) groups is 1. The first-order chi connectivity index (χ1) is 13.0. The fraction of sp³-hybridized carbons (Fsp3) is 0.600. The highest BCUT2D eigenvalue weighted by molar-refractivity contribution is 6.42. The maximum absolute atomic E-state index is 12.0. The van der Waals surface area contributed by atoms with Gasteiger partial charge in [0.15, 0.2) is 0 Å². The molecule has 0 bridgehead atoms. The molecule has 0 aromatic heterocycles. The third kappa shape index (κ3) is 5.36. The Morgan fingerprint density at radius 3 is 2.81 bits per heavy atom. The minimum Gasteiger partial charge on any atom is -0.466 e.